The number of aryl methyl sites for hydroxylation is 1. The lowest BCUT2D eigenvalue weighted by atomic mass is 10.1. The maximum atomic E-state index is 13.4. The molecule has 0 aliphatic heterocycles. The second-order valence-electron chi connectivity index (χ2n) is 4.51. The number of nitrogens with zero attached hydrogens (tertiary/aromatic N) is 1. The van der Waals surface area contributed by atoms with E-state index in [1.165, 1.54) is 17.2 Å². The monoisotopic (exact) mass is 244 g/mol. The molecule has 0 aliphatic carbocycles. The summed E-state index contributed by atoms with van der Waals surface area (Å²) in [5, 5.41) is 0. The summed E-state index contributed by atoms with van der Waals surface area (Å²) in [4.78, 5) is 1.95. The van der Waals surface area contributed by atoms with E-state index >= 15 is 0 Å². The average Bonchev–Trinajstić information content (AvgIpc) is 2.35. The van der Waals surface area contributed by atoms with Crippen LogP contribution in [0.3, 0.4) is 0 Å². The standard InChI is InChI=1S/C15H17FN2/c1-11-6-8-12(9-7-11)10-18(2)14-5-3-4-13(16)15(14)17/h3-9H,10,17H2,1-2H3. The molecule has 0 atom stereocenters. The van der Waals surface area contributed by atoms with Crippen molar-refractivity contribution in [3.8, 4) is 0 Å². The first kappa shape index (κ1) is 12.4. The SMILES string of the molecule is Cc1ccc(CN(C)c2cccc(F)c2N)cc1. The Bertz CT molecular complexity index is 535. The van der Waals surface area contributed by atoms with Crippen LogP contribution in [0.15, 0.2) is 42.5 Å². The van der Waals surface area contributed by atoms with Crippen LogP contribution in [0.4, 0.5) is 15.8 Å². The van der Waals surface area contributed by atoms with Gasteiger partial charge in [-0.25, -0.2) is 4.39 Å². The van der Waals surface area contributed by atoms with Crippen molar-refractivity contribution in [3.05, 3.63) is 59.4 Å². The number of benzene rings is 2. The zero-order valence-electron chi connectivity index (χ0n) is 10.7. The third-order valence-electron chi connectivity index (χ3n) is 2.98. The lowest BCUT2D eigenvalue weighted by Crippen LogP contribution is -2.18. The van der Waals surface area contributed by atoms with Gasteiger partial charge in [0.25, 0.3) is 0 Å². The second-order valence-corrected chi connectivity index (χ2v) is 4.51. The van der Waals surface area contributed by atoms with E-state index in [2.05, 4.69) is 31.2 Å². The second kappa shape index (κ2) is 5.08. The van der Waals surface area contributed by atoms with Crippen molar-refractivity contribution in [1.29, 1.82) is 0 Å². The number of para-hydroxylation sites is 1. The van der Waals surface area contributed by atoms with Crippen LogP contribution in [0.1, 0.15) is 11.1 Å². The van der Waals surface area contributed by atoms with Gasteiger partial charge in [-0.05, 0) is 24.6 Å². The minimum Gasteiger partial charge on any atom is -0.395 e. The first-order valence-corrected chi connectivity index (χ1v) is 5.88. The highest BCUT2D eigenvalue weighted by molar-refractivity contribution is 5.67. The van der Waals surface area contributed by atoms with Crippen molar-refractivity contribution >= 4 is 11.4 Å². The highest BCUT2D eigenvalue weighted by atomic mass is 19.1. The molecule has 0 amide bonds. The predicted octanol–water partition coefficient (Wildman–Crippen LogP) is 3.35. The van der Waals surface area contributed by atoms with Crippen LogP contribution in [0, 0.1) is 12.7 Å². The Kier molecular flexibility index (Phi) is 3.51. The fourth-order valence-corrected chi connectivity index (χ4v) is 1.91. The molecule has 0 heterocycles. The molecule has 2 rings (SSSR count). The van der Waals surface area contributed by atoms with E-state index in [-0.39, 0.29) is 11.5 Å². The van der Waals surface area contributed by atoms with Gasteiger partial charge in [-0.2, -0.15) is 0 Å². The summed E-state index contributed by atoms with van der Waals surface area (Å²) in [5.41, 5.74) is 9.07. The molecule has 2 aromatic carbocycles. The Morgan fingerprint density at radius 1 is 1.11 bits per heavy atom. The largest absolute Gasteiger partial charge is 0.395 e. The van der Waals surface area contributed by atoms with Gasteiger partial charge in [0.2, 0.25) is 0 Å². The predicted molar refractivity (Wildman–Crippen MR) is 74.1 cm³/mol. The third-order valence-corrected chi connectivity index (χ3v) is 2.98. The number of rotatable bonds is 3. The summed E-state index contributed by atoms with van der Waals surface area (Å²) in [6.45, 7) is 2.76. The summed E-state index contributed by atoms with van der Waals surface area (Å²) < 4.78 is 13.4. The first-order valence-electron chi connectivity index (χ1n) is 5.88. The van der Waals surface area contributed by atoms with Crippen LogP contribution in [0.2, 0.25) is 0 Å². The van der Waals surface area contributed by atoms with Crippen molar-refractivity contribution < 1.29 is 4.39 Å². The number of nitrogen functional groups attached to an aromatic ring is 1. The molecule has 94 valence electrons. The van der Waals surface area contributed by atoms with E-state index in [9.17, 15) is 4.39 Å². The number of hydrogen-bond acceptors (Lipinski definition) is 2. The molecule has 0 fully saturated rings. The Hall–Kier alpha value is -2.03. The Morgan fingerprint density at radius 2 is 1.78 bits per heavy atom. The summed E-state index contributed by atoms with van der Waals surface area (Å²) in [7, 11) is 1.91. The van der Waals surface area contributed by atoms with E-state index in [0.717, 1.165) is 5.69 Å². The Morgan fingerprint density at radius 3 is 2.44 bits per heavy atom. The van der Waals surface area contributed by atoms with Gasteiger partial charge in [0.05, 0.1) is 11.4 Å². The number of halogens is 1. The van der Waals surface area contributed by atoms with Crippen molar-refractivity contribution in [3.63, 3.8) is 0 Å². The quantitative estimate of drug-likeness (QED) is 0.839. The van der Waals surface area contributed by atoms with Gasteiger partial charge in [-0.15, -0.1) is 0 Å². The van der Waals surface area contributed by atoms with E-state index < -0.39 is 0 Å². The van der Waals surface area contributed by atoms with Crippen LogP contribution >= 0.6 is 0 Å². The van der Waals surface area contributed by atoms with Gasteiger partial charge in [-0.3, -0.25) is 0 Å². The highest BCUT2D eigenvalue weighted by Gasteiger charge is 2.09. The first-order chi connectivity index (χ1) is 8.58. The molecule has 0 radical (unpaired) electrons. The minimum absolute atomic E-state index is 0.201. The number of hydrogen-bond donors (Lipinski definition) is 1. The highest BCUT2D eigenvalue weighted by Crippen LogP contribution is 2.25. The third kappa shape index (κ3) is 2.62. The fourth-order valence-electron chi connectivity index (χ4n) is 1.91. The molecule has 2 aromatic rings. The van der Waals surface area contributed by atoms with Gasteiger partial charge in [0.1, 0.15) is 5.82 Å². The van der Waals surface area contributed by atoms with E-state index in [4.69, 9.17) is 5.73 Å². The molecule has 0 spiro atoms. The molecular weight excluding hydrogens is 227 g/mol. The van der Waals surface area contributed by atoms with E-state index in [0.29, 0.717) is 6.54 Å². The van der Waals surface area contributed by atoms with Crippen molar-refractivity contribution in [2.24, 2.45) is 0 Å². The Balaban J connectivity index is 2.19. The zero-order chi connectivity index (χ0) is 13.1. The van der Waals surface area contributed by atoms with Gasteiger partial charge in [0.15, 0.2) is 0 Å². The van der Waals surface area contributed by atoms with Gasteiger partial charge < -0.3 is 10.6 Å². The van der Waals surface area contributed by atoms with Crippen LogP contribution in [0.5, 0.6) is 0 Å². The summed E-state index contributed by atoms with van der Waals surface area (Å²) >= 11 is 0. The summed E-state index contributed by atoms with van der Waals surface area (Å²) in [6.07, 6.45) is 0. The number of anilines is 2. The number of nitrogens with two attached hydrogens (primary N) is 1. The van der Waals surface area contributed by atoms with Crippen molar-refractivity contribution in [1.82, 2.24) is 0 Å². The van der Waals surface area contributed by atoms with Gasteiger partial charge in [0, 0.05) is 13.6 Å². The van der Waals surface area contributed by atoms with Crippen LogP contribution < -0.4 is 10.6 Å². The normalized spacial score (nSPS) is 10.4. The molecule has 18 heavy (non-hydrogen) atoms. The smallest absolute Gasteiger partial charge is 0.148 e. The molecule has 0 aliphatic rings. The van der Waals surface area contributed by atoms with Crippen LogP contribution in [0.25, 0.3) is 0 Å². The Labute approximate surface area is 107 Å². The molecule has 2 nitrogen and oxygen atoms in total. The van der Waals surface area contributed by atoms with Crippen molar-refractivity contribution in [2.75, 3.05) is 17.7 Å². The molecule has 0 unspecified atom stereocenters. The van der Waals surface area contributed by atoms with Gasteiger partial charge >= 0.3 is 0 Å². The topological polar surface area (TPSA) is 29.3 Å². The van der Waals surface area contributed by atoms with E-state index in [1.807, 2.05) is 18.0 Å². The average molecular weight is 244 g/mol. The summed E-state index contributed by atoms with van der Waals surface area (Å²) in [6, 6.07) is 13.1. The molecule has 0 aromatic heterocycles. The van der Waals surface area contributed by atoms with Crippen LogP contribution in [-0.4, -0.2) is 7.05 Å². The van der Waals surface area contributed by atoms with E-state index in [1.54, 1.807) is 6.07 Å². The summed E-state index contributed by atoms with van der Waals surface area (Å²) in [5.74, 6) is -0.372. The molecule has 0 bridgehead atoms. The molecular formula is C15H17FN2. The zero-order valence-corrected chi connectivity index (χ0v) is 10.7. The molecule has 0 saturated carbocycles. The fraction of sp³-hybridized carbons (Fsp3) is 0.200. The molecule has 3 heteroatoms. The van der Waals surface area contributed by atoms with Gasteiger partial charge in [-0.1, -0.05) is 35.9 Å². The molecule has 0 saturated heterocycles. The minimum atomic E-state index is -0.372. The maximum absolute atomic E-state index is 13.4. The lowest BCUT2D eigenvalue weighted by molar-refractivity contribution is 0.632. The van der Waals surface area contributed by atoms with Crippen molar-refractivity contribution in [2.45, 2.75) is 13.5 Å². The lowest BCUT2D eigenvalue weighted by Gasteiger charge is -2.21. The van der Waals surface area contributed by atoms with Crippen LogP contribution in [-0.2, 0) is 6.54 Å². The molecule has 2 N–H and O–H groups in total. The maximum Gasteiger partial charge on any atom is 0.148 e.